The van der Waals surface area contributed by atoms with Crippen molar-refractivity contribution in [2.24, 2.45) is 5.92 Å². The average Bonchev–Trinajstić information content (AvgIpc) is 3.45. The number of nitrogens with one attached hydrogen (secondary N) is 1. The Morgan fingerprint density at radius 2 is 1.94 bits per heavy atom. The molecule has 3 heterocycles. The molecule has 1 aliphatic heterocycles. The lowest BCUT2D eigenvalue weighted by molar-refractivity contribution is -0.129. The van der Waals surface area contributed by atoms with Gasteiger partial charge in [-0.05, 0) is 62.8 Å². The quantitative estimate of drug-likeness (QED) is 0.504. The van der Waals surface area contributed by atoms with E-state index in [9.17, 15) is 9.59 Å². The van der Waals surface area contributed by atoms with Gasteiger partial charge in [0.25, 0.3) is 12.4 Å². The molecule has 1 aliphatic rings. The fourth-order valence-electron chi connectivity index (χ4n) is 4.79. The number of aromatic amines is 1. The van der Waals surface area contributed by atoms with Crippen LogP contribution in [-0.2, 0) is 22.4 Å². The molecule has 8 heteroatoms. The van der Waals surface area contributed by atoms with Gasteiger partial charge in [0.15, 0.2) is 0 Å². The molecule has 2 amide bonds. The van der Waals surface area contributed by atoms with Crippen molar-refractivity contribution < 1.29 is 19.5 Å². The Hall–Kier alpha value is -3.68. The summed E-state index contributed by atoms with van der Waals surface area (Å²) in [7, 11) is 0. The number of benzene rings is 1. The van der Waals surface area contributed by atoms with Gasteiger partial charge in [0.1, 0.15) is 0 Å². The average molecular weight is 479 g/mol. The number of fused-ring (bicyclic) bond motifs is 1. The summed E-state index contributed by atoms with van der Waals surface area (Å²) < 4.78 is 0. The fraction of sp³-hybridized carbons (Fsp3) is 0.407. The summed E-state index contributed by atoms with van der Waals surface area (Å²) in [6, 6.07) is 10.1. The molecule has 0 saturated carbocycles. The number of hydrogen-bond acceptors (Lipinski definition) is 4. The lowest BCUT2D eigenvalue weighted by Gasteiger charge is -2.19. The van der Waals surface area contributed by atoms with Gasteiger partial charge in [-0.25, -0.2) is 0 Å². The number of aromatic nitrogens is 2. The first kappa shape index (κ1) is 25.9. The fourth-order valence-corrected chi connectivity index (χ4v) is 4.79. The molecule has 186 valence electrons. The number of carbonyl (C=O) groups excluding carboxylic acids is 2. The van der Waals surface area contributed by atoms with Crippen molar-refractivity contribution in [3.8, 4) is 0 Å². The van der Waals surface area contributed by atoms with E-state index in [-0.39, 0.29) is 18.3 Å². The molecule has 8 nitrogen and oxygen atoms in total. The van der Waals surface area contributed by atoms with Crippen molar-refractivity contribution in [2.45, 2.75) is 40.0 Å². The van der Waals surface area contributed by atoms with Crippen LogP contribution in [0.15, 0.2) is 42.7 Å². The standard InChI is InChI=1S/C26H32N4O2.CH2O2/c1-4-29(5-2)26(32)21-13-20(15-27-16-21)12-19-10-11-30(17-19)25(31)14-23-18(3)28-24-9-7-6-8-22(23)24;2-1-3/h6-9,13,15-16,19,28H,4-5,10-12,14,17H2,1-3H3;1H,(H,2,3). The summed E-state index contributed by atoms with van der Waals surface area (Å²) in [4.78, 5) is 45.5. The number of para-hydroxylation sites is 1. The van der Waals surface area contributed by atoms with Gasteiger partial charge < -0.3 is 19.9 Å². The molecule has 2 aromatic heterocycles. The maximum atomic E-state index is 13.0. The van der Waals surface area contributed by atoms with Crippen LogP contribution in [0.25, 0.3) is 10.9 Å². The molecule has 35 heavy (non-hydrogen) atoms. The second-order valence-electron chi connectivity index (χ2n) is 8.81. The first-order valence-electron chi connectivity index (χ1n) is 12.1. The van der Waals surface area contributed by atoms with E-state index < -0.39 is 0 Å². The first-order chi connectivity index (χ1) is 16.9. The summed E-state index contributed by atoms with van der Waals surface area (Å²) >= 11 is 0. The van der Waals surface area contributed by atoms with Crippen molar-refractivity contribution in [3.05, 3.63) is 65.1 Å². The molecule has 2 N–H and O–H groups in total. The molecule has 1 unspecified atom stereocenters. The Morgan fingerprint density at radius 1 is 1.23 bits per heavy atom. The van der Waals surface area contributed by atoms with Crippen LogP contribution in [0, 0.1) is 12.8 Å². The van der Waals surface area contributed by atoms with Crippen LogP contribution >= 0.6 is 0 Å². The minimum absolute atomic E-state index is 0.0293. The number of carboxylic acid groups (broad SMARTS) is 1. The predicted octanol–water partition coefficient (Wildman–Crippen LogP) is 3.69. The molecule has 0 aliphatic carbocycles. The molecule has 1 fully saturated rings. The molecule has 1 aromatic carbocycles. The number of pyridine rings is 1. The third-order valence-corrected chi connectivity index (χ3v) is 6.61. The predicted molar refractivity (Wildman–Crippen MR) is 135 cm³/mol. The Kier molecular flexibility index (Phi) is 9.00. The van der Waals surface area contributed by atoms with Gasteiger partial charge >= 0.3 is 0 Å². The van der Waals surface area contributed by atoms with E-state index in [1.165, 1.54) is 0 Å². The minimum Gasteiger partial charge on any atom is -0.483 e. The van der Waals surface area contributed by atoms with Gasteiger partial charge in [0.05, 0.1) is 12.0 Å². The van der Waals surface area contributed by atoms with E-state index >= 15 is 0 Å². The molecule has 1 atom stereocenters. The highest BCUT2D eigenvalue weighted by atomic mass is 16.3. The molecule has 1 saturated heterocycles. The van der Waals surface area contributed by atoms with Gasteiger partial charge in [0, 0.05) is 55.2 Å². The van der Waals surface area contributed by atoms with E-state index in [0.29, 0.717) is 31.0 Å². The van der Waals surface area contributed by atoms with Crippen LogP contribution in [0.3, 0.4) is 0 Å². The largest absolute Gasteiger partial charge is 0.483 e. The van der Waals surface area contributed by atoms with Crippen LogP contribution < -0.4 is 0 Å². The Balaban J connectivity index is 0.00000108. The summed E-state index contributed by atoms with van der Waals surface area (Å²) in [6.45, 7) is 8.69. The number of nitrogens with zero attached hydrogens (tertiary/aromatic N) is 3. The molecule has 0 spiro atoms. The number of carbonyl (C=O) groups is 3. The lowest BCUT2D eigenvalue weighted by atomic mass is 9.99. The molecular weight excluding hydrogens is 444 g/mol. The number of hydrogen-bond donors (Lipinski definition) is 2. The highest BCUT2D eigenvalue weighted by Gasteiger charge is 2.27. The Labute approximate surface area is 206 Å². The van der Waals surface area contributed by atoms with E-state index in [2.05, 4.69) is 22.1 Å². The smallest absolute Gasteiger partial charge is 0.290 e. The van der Waals surface area contributed by atoms with Crippen molar-refractivity contribution >= 4 is 29.2 Å². The van der Waals surface area contributed by atoms with E-state index in [4.69, 9.17) is 9.90 Å². The number of H-pyrrole nitrogens is 1. The maximum Gasteiger partial charge on any atom is 0.290 e. The number of likely N-dealkylation sites (tertiary alicyclic amines) is 1. The molecule has 0 radical (unpaired) electrons. The van der Waals surface area contributed by atoms with Crippen LogP contribution in [0.2, 0.25) is 0 Å². The molecule has 4 rings (SSSR count). The third-order valence-electron chi connectivity index (χ3n) is 6.61. The minimum atomic E-state index is -0.250. The zero-order valence-electron chi connectivity index (χ0n) is 20.7. The monoisotopic (exact) mass is 478 g/mol. The second kappa shape index (κ2) is 12.1. The SMILES string of the molecule is CCN(CC)C(=O)c1cncc(CC2CCN(C(=O)Cc3c(C)[nH]c4ccccc34)C2)c1.O=CO. The highest BCUT2D eigenvalue weighted by molar-refractivity contribution is 5.94. The van der Waals surface area contributed by atoms with E-state index in [1.54, 1.807) is 6.20 Å². The van der Waals surface area contributed by atoms with Crippen molar-refractivity contribution in [2.75, 3.05) is 26.2 Å². The summed E-state index contributed by atoms with van der Waals surface area (Å²) in [5, 5.41) is 8.02. The summed E-state index contributed by atoms with van der Waals surface area (Å²) in [5.74, 6) is 0.606. The van der Waals surface area contributed by atoms with Crippen molar-refractivity contribution in [1.29, 1.82) is 0 Å². The number of aryl methyl sites for hydroxylation is 1. The van der Waals surface area contributed by atoms with Crippen LogP contribution in [0.5, 0.6) is 0 Å². The third kappa shape index (κ3) is 6.26. The lowest BCUT2D eigenvalue weighted by Crippen LogP contribution is -2.31. The zero-order chi connectivity index (χ0) is 25.4. The zero-order valence-corrected chi connectivity index (χ0v) is 20.7. The van der Waals surface area contributed by atoms with E-state index in [0.717, 1.165) is 53.7 Å². The molecule has 0 bridgehead atoms. The Morgan fingerprint density at radius 3 is 2.66 bits per heavy atom. The van der Waals surface area contributed by atoms with Gasteiger partial charge in [-0.2, -0.15) is 0 Å². The van der Waals surface area contributed by atoms with Crippen LogP contribution in [0.4, 0.5) is 0 Å². The normalized spacial score (nSPS) is 14.9. The highest BCUT2D eigenvalue weighted by Crippen LogP contribution is 2.25. The number of amides is 2. The van der Waals surface area contributed by atoms with Crippen molar-refractivity contribution in [1.82, 2.24) is 19.8 Å². The van der Waals surface area contributed by atoms with E-state index in [1.807, 2.05) is 55.0 Å². The van der Waals surface area contributed by atoms with Crippen LogP contribution in [0.1, 0.15) is 47.4 Å². The van der Waals surface area contributed by atoms with Crippen LogP contribution in [-0.4, -0.2) is 69.3 Å². The maximum absolute atomic E-state index is 13.0. The number of rotatable bonds is 7. The topological polar surface area (TPSA) is 107 Å². The Bertz CT molecular complexity index is 1170. The van der Waals surface area contributed by atoms with Crippen molar-refractivity contribution in [3.63, 3.8) is 0 Å². The van der Waals surface area contributed by atoms with Gasteiger partial charge in [-0.1, -0.05) is 18.2 Å². The molecular formula is C27H34N4O4. The van der Waals surface area contributed by atoms with Gasteiger partial charge in [-0.15, -0.1) is 0 Å². The summed E-state index contributed by atoms with van der Waals surface area (Å²) in [5.41, 5.74) is 4.96. The first-order valence-corrected chi connectivity index (χ1v) is 12.1. The molecule has 3 aromatic rings. The second-order valence-corrected chi connectivity index (χ2v) is 8.81. The van der Waals surface area contributed by atoms with Gasteiger partial charge in [-0.3, -0.25) is 19.4 Å². The summed E-state index contributed by atoms with van der Waals surface area (Å²) in [6.07, 6.45) is 5.74. The van der Waals surface area contributed by atoms with Gasteiger partial charge in [0.2, 0.25) is 5.91 Å².